The van der Waals surface area contributed by atoms with Crippen LogP contribution in [0.25, 0.3) is 0 Å². The quantitative estimate of drug-likeness (QED) is 0.746. The van der Waals surface area contributed by atoms with Crippen molar-refractivity contribution in [2.24, 2.45) is 5.92 Å². The van der Waals surface area contributed by atoms with E-state index in [0.29, 0.717) is 30.8 Å². The summed E-state index contributed by atoms with van der Waals surface area (Å²) in [6.45, 7) is 2.91. The first-order valence-electron chi connectivity index (χ1n) is 11.4. The first-order valence-corrected chi connectivity index (χ1v) is 12.8. The van der Waals surface area contributed by atoms with Crippen LogP contribution < -0.4 is 15.0 Å². The van der Waals surface area contributed by atoms with E-state index in [4.69, 9.17) is 4.74 Å². The Morgan fingerprint density at radius 3 is 2.64 bits per heavy atom. The minimum atomic E-state index is -3.75. The van der Waals surface area contributed by atoms with Crippen LogP contribution in [0, 0.1) is 5.92 Å². The summed E-state index contributed by atoms with van der Waals surface area (Å²) in [5.41, 5.74) is 2.53. The van der Waals surface area contributed by atoms with Gasteiger partial charge in [-0.25, -0.2) is 8.42 Å². The molecule has 2 amide bonds. The van der Waals surface area contributed by atoms with Crippen LogP contribution in [0.15, 0.2) is 47.4 Å². The number of benzene rings is 2. The SMILES string of the molecule is C[C@@H]1Oc2ccc(S(=O)(=O)N3CCC(C(=O)N4CCCc5ccccc54)CC3)cc2NC1=O. The fourth-order valence-corrected chi connectivity index (χ4v) is 6.32. The van der Waals surface area contributed by atoms with Crippen LogP contribution in [0.2, 0.25) is 0 Å². The van der Waals surface area contributed by atoms with Crippen molar-refractivity contribution in [3.05, 3.63) is 48.0 Å². The number of carbonyl (C=O) groups is 2. The van der Waals surface area contributed by atoms with Gasteiger partial charge in [0, 0.05) is 31.2 Å². The molecule has 3 aliphatic heterocycles. The van der Waals surface area contributed by atoms with E-state index in [9.17, 15) is 18.0 Å². The second-order valence-electron chi connectivity index (χ2n) is 8.81. The number of fused-ring (bicyclic) bond motifs is 2. The smallest absolute Gasteiger partial charge is 0.265 e. The summed E-state index contributed by atoms with van der Waals surface area (Å²) in [7, 11) is -3.75. The van der Waals surface area contributed by atoms with E-state index in [0.717, 1.165) is 18.5 Å². The molecule has 33 heavy (non-hydrogen) atoms. The fraction of sp³-hybridized carbons (Fsp3) is 0.417. The fourth-order valence-electron chi connectivity index (χ4n) is 4.82. The lowest BCUT2D eigenvalue weighted by Gasteiger charge is -2.36. The van der Waals surface area contributed by atoms with Crippen molar-refractivity contribution >= 4 is 33.2 Å². The molecule has 8 nitrogen and oxygen atoms in total. The number of sulfonamides is 1. The molecule has 0 unspecified atom stereocenters. The standard InChI is InChI=1S/C24H27N3O5S/c1-16-23(28)25-20-15-19(8-9-22(20)32-16)33(30,31)26-13-10-18(11-14-26)24(29)27-12-4-6-17-5-2-3-7-21(17)27/h2-3,5,7-9,15-16,18H,4,6,10-14H2,1H3,(H,25,28)/t16-/m0/s1. The van der Waals surface area contributed by atoms with Crippen LogP contribution in [-0.2, 0) is 26.0 Å². The van der Waals surface area contributed by atoms with Crippen LogP contribution in [0.3, 0.4) is 0 Å². The van der Waals surface area contributed by atoms with E-state index in [-0.39, 0.29) is 35.7 Å². The number of piperidine rings is 1. The van der Waals surface area contributed by atoms with Crippen LogP contribution >= 0.6 is 0 Å². The van der Waals surface area contributed by atoms with Crippen LogP contribution in [0.1, 0.15) is 31.7 Å². The summed E-state index contributed by atoms with van der Waals surface area (Å²) in [6.07, 6.45) is 2.26. The molecule has 2 aromatic carbocycles. The topological polar surface area (TPSA) is 96.0 Å². The Morgan fingerprint density at radius 1 is 1.09 bits per heavy atom. The van der Waals surface area contributed by atoms with E-state index < -0.39 is 16.1 Å². The molecule has 1 fully saturated rings. The van der Waals surface area contributed by atoms with Crippen molar-refractivity contribution in [2.75, 3.05) is 29.9 Å². The molecule has 5 rings (SSSR count). The van der Waals surface area contributed by atoms with Crippen molar-refractivity contribution in [1.82, 2.24) is 4.31 Å². The Hall–Kier alpha value is -2.91. The normalized spacial score (nSPS) is 21.5. The van der Waals surface area contributed by atoms with Gasteiger partial charge in [-0.3, -0.25) is 9.59 Å². The van der Waals surface area contributed by atoms with Crippen molar-refractivity contribution in [1.29, 1.82) is 0 Å². The average Bonchev–Trinajstić information content (AvgIpc) is 2.83. The van der Waals surface area contributed by atoms with Gasteiger partial charge in [0.15, 0.2) is 6.10 Å². The molecule has 1 atom stereocenters. The lowest BCUT2D eigenvalue weighted by atomic mass is 9.94. The van der Waals surface area contributed by atoms with Crippen molar-refractivity contribution in [3.63, 3.8) is 0 Å². The van der Waals surface area contributed by atoms with Crippen LogP contribution in [0.5, 0.6) is 5.75 Å². The average molecular weight is 470 g/mol. The van der Waals surface area contributed by atoms with Gasteiger partial charge >= 0.3 is 0 Å². The first kappa shape index (κ1) is 21.9. The minimum Gasteiger partial charge on any atom is -0.479 e. The highest BCUT2D eigenvalue weighted by atomic mass is 32.2. The number of hydrogen-bond acceptors (Lipinski definition) is 5. The second-order valence-corrected chi connectivity index (χ2v) is 10.7. The Bertz CT molecular complexity index is 1200. The van der Waals surface area contributed by atoms with E-state index in [1.165, 1.54) is 22.0 Å². The minimum absolute atomic E-state index is 0.0851. The predicted molar refractivity (Wildman–Crippen MR) is 124 cm³/mol. The Labute approximate surface area is 193 Å². The Kier molecular flexibility index (Phi) is 5.62. The number of hydrogen-bond donors (Lipinski definition) is 1. The van der Waals surface area contributed by atoms with Crippen LogP contribution in [-0.4, -0.2) is 50.3 Å². The van der Waals surface area contributed by atoms with Gasteiger partial charge in [-0.05, 0) is 62.4 Å². The van der Waals surface area contributed by atoms with E-state index in [1.54, 1.807) is 13.0 Å². The molecule has 3 aliphatic rings. The largest absolute Gasteiger partial charge is 0.479 e. The number of amides is 2. The molecule has 0 saturated carbocycles. The number of aryl methyl sites for hydroxylation is 1. The third kappa shape index (κ3) is 4.00. The summed E-state index contributed by atoms with van der Waals surface area (Å²) in [4.78, 5) is 27.1. The maximum Gasteiger partial charge on any atom is 0.265 e. The van der Waals surface area contributed by atoms with E-state index >= 15 is 0 Å². The highest BCUT2D eigenvalue weighted by Gasteiger charge is 2.36. The Morgan fingerprint density at radius 2 is 1.85 bits per heavy atom. The van der Waals surface area contributed by atoms with Gasteiger partial charge in [-0.2, -0.15) is 4.31 Å². The summed E-state index contributed by atoms with van der Waals surface area (Å²) < 4.78 is 33.4. The molecular weight excluding hydrogens is 442 g/mol. The van der Waals surface area contributed by atoms with Crippen molar-refractivity contribution < 1.29 is 22.7 Å². The lowest BCUT2D eigenvalue weighted by Crippen LogP contribution is -2.45. The summed E-state index contributed by atoms with van der Waals surface area (Å²) in [6, 6.07) is 12.5. The second kappa shape index (κ2) is 8.46. The van der Waals surface area contributed by atoms with Gasteiger partial charge in [0.1, 0.15) is 5.75 Å². The zero-order valence-electron chi connectivity index (χ0n) is 18.5. The molecule has 1 N–H and O–H groups in total. The molecule has 3 heterocycles. The maximum atomic E-state index is 13.3. The number of nitrogens with zero attached hydrogens (tertiary/aromatic N) is 2. The number of ether oxygens (including phenoxy) is 1. The van der Waals surface area contributed by atoms with Gasteiger partial charge in [-0.15, -0.1) is 0 Å². The molecule has 0 spiro atoms. The monoisotopic (exact) mass is 469 g/mol. The third-order valence-electron chi connectivity index (χ3n) is 6.70. The lowest BCUT2D eigenvalue weighted by molar-refractivity contribution is -0.124. The highest BCUT2D eigenvalue weighted by Crippen LogP contribution is 2.35. The van der Waals surface area contributed by atoms with Gasteiger partial charge in [0.25, 0.3) is 5.91 Å². The summed E-state index contributed by atoms with van der Waals surface area (Å²) >= 11 is 0. The third-order valence-corrected chi connectivity index (χ3v) is 8.59. The van der Waals surface area contributed by atoms with Gasteiger partial charge < -0.3 is 15.0 Å². The Balaban J connectivity index is 1.28. The number of nitrogens with one attached hydrogen (secondary N) is 1. The molecule has 174 valence electrons. The predicted octanol–water partition coefficient (Wildman–Crippen LogP) is 2.79. The first-order chi connectivity index (χ1) is 15.8. The molecule has 0 aromatic heterocycles. The number of para-hydroxylation sites is 1. The molecule has 2 aromatic rings. The highest BCUT2D eigenvalue weighted by molar-refractivity contribution is 7.89. The maximum absolute atomic E-state index is 13.3. The molecule has 0 aliphatic carbocycles. The zero-order chi connectivity index (χ0) is 23.2. The van der Waals surface area contributed by atoms with E-state index in [2.05, 4.69) is 11.4 Å². The van der Waals surface area contributed by atoms with E-state index in [1.807, 2.05) is 23.1 Å². The number of anilines is 2. The van der Waals surface area contributed by atoms with Gasteiger partial charge in [0.05, 0.1) is 10.6 Å². The molecule has 0 radical (unpaired) electrons. The van der Waals surface area contributed by atoms with Gasteiger partial charge in [-0.1, -0.05) is 18.2 Å². The number of rotatable bonds is 3. The molecule has 0 bridgehead atoms. The summed E-state index contributed by atoms with van der Waals surface area (Å²) in [5.74, 6) is 0.0325. The molecule has 9 heteroatoms. The van der Waals surface area contributed by atoms with Crippen molar-refractivity contribution in [2.45, 2.75) is 43.6 Å². The van der Waals surface area contributed by atoms with Crippen LogP contribution in [0.4, 0.5) is 11.4 Å². The number of carbonyl (C=O) groups excluding carboxylic acids is 2. The summed E-state index contributed by atoms with van der Waals surface area (Å²) in [5, 5.41) is 2.69. The van der Waals surface area contributed by atoms with Crippen molar-refractivity contribution in [3.8, 4) is 5.75 Å². The van der Waals surface area contributed by atoms with Gasteiger partial charge in [0.2, 0.25) is 15.9 Å². The molecule has 1 saturated heterocycles. The zero-order valence-corrected chi connectivity index (χ0v) is 19.3. The molecular formula is C24H27N3O5S.